The van der Waals surface area contributed by atoms with Crippen molar-refractivity contribution in [1.82, 2.24) is 15.0 Å². The number of methoxy groups -OCH3 is 2. The normalized spacial score (nSPS) is 10.9. The Bertz CT molecular complexity index is 910. The molecule has 0 atom stereocenters. The third kappa shape index (κ3) is 5.01. The third-order valence-electron chi connectivity index (χ3n) is 4.25. The van der Waals surface area contributed by atoms with Gasteiger partial charge in [-0.3, -0.25) is 4.90 Å². The van der Waals surface area contributed by atoms with E-state index in [1.165, 1.54) is 5.56 Å². The smallest absolute Gasteiger partial charge is 0.241 e. The molecule has 0 aliphatic carbocycles. The fourth-order valence-corrected chi connectivity index (χ4v) is 2.75. The van der Waals surface area contributed by atoms with Crippen molar-refractivity contribution >= 4 is 0 Å². The predicted octanol–water partition coefficient (Wildman–Crippen LogP) is 3.57. The van der Waals surface area contributed by atoms with E-state index in [0.717, 1.165) is 17.9 Å². The largest absolute Gasteiger partial charge is 0.497 e. The molecule has 0 radical (unpaired) electrons. The fraction of sp³-hybridized carbons (Fsp3) is 0.333. The molecule has 3 rings (SSSR count). The molecule has 3 aromatic rings. The Kier molecular flexibility index (Phi) is 6.49. The van der Waals surface area contributed by atoms with Gasteiger partial charge in [0.2, 0.25) is 11.7 Å². The van der Waals surface area contributed by atoms with Gasteiger partial charge in [-0.2, -0.15) is 4.98 Å². The third-order valence-corrected chi connectivity index (χ3v) is 4.25. The lowest BCUT2D eigenvalue weighted by Gasteiger charge is -2.14. The molecular formula is C21H25N3O4. The summed E-state index contributed by atoms with van der Waals surface area (Å²) >= 11 is 0. The molecule has 0 aliphatic rings. The van der Waals surface area contributed by atoms with Crippen LogP contribution in [0.3, 0.4) is 0 Å². The van der Waals surface area contributed by atoms with E-state index in [9.17, 15) is 0 Å². The summed E-state index contributed by atoms with van der Waals surface area (Å²) in [7, 11) is 5.19. The SMILES string of the molecule is COc1ccc(-c2noc(CN(C)CCOc3cccc(C)c3)n2)c(OC)c1. The summed E-state index contributed by atoms with van der Waals surface area (Å²) in [6, 6.07) is 13.5. The van der Waals surface area contributed by atoms with Crippen LogP contribution in [-0.2, 0) is 6.54 Å². The number of nitrogens with zero attached hydrogens (tertiary/aromatic N) is 3. The number of aromatic nitrogens is 2. The van der Waals surface area contributed by atoms with Crippen molar-refractivity contribution in [2.75, 3.05) is 34.4 Å². The van der Waals surface area contributed by atoms with E-state index in [4.69, 9.17) is 18.7 Å². The van der Waals surface area contributed by atoms with Gasteiger partial charge in [0.25, 0.3) is 0 Å². The number of rotatable bonds is 9. The number of likely N-dealkylation sites (N-methyl/N-ethyl adjacent to an activating group) is 1. The van der Waals surface area contributed by atoms with Crippen molar-refractivity contribution in [1.29, 1.82) is 0 Å². The molecule has 148 valence electrons. The number of benzene rings is 2. The standard InChI is InChI=1S/C21H25N3O4/c1-15-6-5-7-17(12-15)27-11-10-24(2)14-20-22-21(23-28-20)18-9-8-16(25-3)13-19(18)26-4/h5-9,12-13H,10-11,14H2,1-4H3. The van der Waals surface area contributed by atoms with Crippen molar-refractivity contribution in [3.63, 3.8) is 0 Å². The van der Waals surface area contributed by atoms with Crippen molar-refractivity contribution in [2.45, 2.75) is 13.5 Å². The van der Waals surface area contributed by atoms with E-state index in [1.807, 2.05) is 50.4 Å². The van der Waals surface area contributed by atoms with Gasteiger partial charge in [-0.05, 0) is 43.8 Å². The number of ether oxygens (including phenoxy) is 3. The van der Waals surface area contributed by atoms with Crippen LogP contribution in [-0.4, -0.2) is 49.5 Å². The van der Waals surface area contributed by atoms with Crippen LogP contribution in [0.1, 0.15) is 11.5 Å². The topological polar surface area (TPSA) is 69.9 Å². The first kappa shape index (κ1) is 19.7. The highest BCUT2D eigenvalue weighted by atomic mass is 16.5. The molecule has 0 unspecified atom stereocenters. The van der Waals surface area contributed by atoms with Crippen LogP contribution in [0.4, 0.5) is 0 Å². The van der Waals surface area contributed by atoms with Gasteiger partial charge in [-0.25, -0.2) is 0 Å². The molecule has 0 saturated carbocycles. The molecule has 28 heavy (non-hydrogen) atoms. The Morgan fingerprint density at radius 1 is 1.04 bits per heavy atom. The highest BCUT2D eigenvalue weighted by Crippen LogP contribution is 2.31. The summed E-state index contributed by atoms with van der Waals surface area (Å²) in [6.45, 7) is 3.89. The first-order valence-electron chi connectivity index (χ1n) is 9.02. The Morgan fingerprint density at radius 3 is 2.64 bits per heavy atom. The van der Waals surface area contributed by atoms with Crippen LogP contribution in [0.15, 0.2) is 47.0 Å². The highest BCUT2D eigenvalue weighted by molar-refractivity contribution is 5.65. The molecule has 0 aliphatic heterocycles. The van der Waals surface area contributed by atoms with Gasteiger partial charge in [0.05, 0.1) is 26.3 Å². The first-order chi connectivity index (χ1) is 13.6. The Labute approximate surface area is 164 Å². The van der Waals surface area contributed by atoms with E-state index in [1.54, 1.807) is 20.3 Å². The Hall–Kier alpha value is -3.06. The molecule has 0 N–H and O–H groups in total. The zero-order valence-corrected chi connectivity index (χ0v) is 16.6. The average molecular weight is 383 g/mol. The predicted molar refractivity (Wildman–Crippen MR) is 106 cm³/mol. The Balaban J connectivity index is 1.57. The summed E-state index contributed by atoms with van der Waals surface area (Å²) in [5.41, 5.74) is 1.93. The minimum absolute atomic E-state index is 0.485. The maximum Gasteiger partial charge on any atom is 0.241 e. The van der Waals surface area contributed by atoms with Gasteiger partial charge >= 0.3 is 0 Å². The lowest BCUT2D eigenvalue weighted by Crippen LogP contribution is -2.24. The molecule has 0 amide bonds. The van der Waals surface area contributed by atoms with Crippen LogP contribution in [0.25, 0.3) is 11.4 Å². The van der Waals surface area contributed by atoms with Crippen molar-refractivity contribution in [2.24, 2.45) is 0 Å². The van der Waals surface area contributed by atoms with Gasteiger partial charge in [0.15, 0.2) is 0 Å². The van der Waals surface area contributed by atoms with Crippen molar-refractivity contribution < 1.29 is 18.7 Å². The van der Waals surface area contributed by atoms with E-state index in [0.29, 0.717) is 36.4 Å². The van der Waals surface area contributed by atoms with E-state index in [2.05, 4.69) is 15.0 Å². The molecule has 7 heteroatoms. The summed E-state index contributed by atoms with van der Waals surface area (Å²) in [5.74, 6) is 3.23. The quantitative estimate of drug-likeness (QED) is 0.559. The van der Waals surface area contributed by atoms with Gasteiger partial charge in [-0.15, -0.1) is 0 Å². The lowest BCUT2D eigenvalue weighted by molar-refractivity contribution is 0.213. The molecule has 0 fully saturated rings. The van der Waals surface area contributed by atoms with E-state index >= 15 is 0 Å². The van der Waals surface area contributed by atoms with Crippen LogP contribution < -0.4 is 14.2 Å². The summed E-state index contributed by atoms with van der Waals surface area (Å²) in [6.07, 6.45) is 0. The van der Waals surface area contributed by atoms with Crippen molar-refractivity contribution in [3.8, 4) is 28.6 Å². The number of aryl methyl sites for hydroxylation is 1. The minimum atomic E-state index is 0.485. The highest BCUT2D eigenvalue weighted by Gasteiger charge is 2.15. The van der Waals surface area contributed by atoms with Gasteiger partial charge < -0.3 is 18.7 Å². The molecule has 0 spiro atoms. The van der Waals surface area contributed by atoms with Gasteiger partial charge in [0, 0.05) is 12.6 Å². The zero-order chi connectivity index (χ0) is 19.9. The minimum Gasteiger partial charge on any atom is -0.497 e. The van der Waals surface area contributed by atoms with Crippen molar-refractivity contribution in [3.05, 3.63) is 53.9 Å². The summed E-state index contributed by atoms with van der Waals surface area (Å²) < 4.78 is 21.8. The molecule has 1 heterocycles. The van der Waals surface area contributed by atoms with Crippen LogP contribution in [0.5, 0.6) is 17.2 Å². The lowest BCUT2D eigenvalue weighted by atomic mass is 10.2. The molecule has 7 nitrogen and oxygen atoms in total. The zero-order valence-electron chi connectivity index (χ0n) is 16.6. The summed E-state index contributed by atoms with van der Waals surface area (Å²) in [4.78, 5) is 6.55. The van der Waals surface area contributed by atoms with Crippen LogP contribution >= 0.6 is 0 Å². The molecule has 0 bridgehead atoms. The van der Waals surface area contributed by atoms with Gasteiger partial charge in [-0.1, -0.05) is 17.3 Å². The molecule has 1 aromatic heterocycles. The fourth-order valence-electron chi connectivity index (χ4n) is 2.75. The van der Waals surface area contributed by atoms with Gasteiger partial charge in [0.1, 0.15) is 23.9 Å². The maximum atomic E-state index is 5.79. The Morgan fingerprint density at radius 2 is 1.89 bits per heavy atom. The molecular weight excluding hydrogens is 358 g/mol. The van der Waals surface area contributed by atoms with E-state index < -0.39 is 0 Å². The monoisotopic (exact) mass is 383 g/mol. The second kappa shape index (κ2) is 9.23. The van der Waals surface area contributed by atoms with E-state index in [-0.39, 0.29) is 0 Å². The van der Waals surface area contributed by atoms with Crippen LogP contribution in [0, 0.1) is 6.92 Å². The average Bonchev–Trinajstić information content (AvgIpc) is 3.15. The summed E-state index contributed by atoms with van der Waals surface area (Å²) in [5, 5.41) is 4.08. The maximum absolute atomic E-state index is 5.79. The second-order valence-electron chi connectivity index (χ2n) is 6.48. The molecule has 2 aromatic carbocycles. The second-order valence-corrected chi connectivity index (χ2v) is 6.48. The number of hydrogen-bond donors (Lipinski definition) is 0. The molecule has 0 saturated heterocycles. The number of hydrogen-bond acceptors (Lipinski definition) is 7. The van der Waals surface area contributed by atoms with Crippen LogP contribution in [0.2, 0.25) is 0 Å². The first-order valence-corrected chi connectivity index (χ1v) is 9.02.